The number of nitrogens with zero attached hydrogens (tertiary/aromatic N) is 3. The fourth-order valence-electron chi connectivity index (χ4n) is 3.23. The standard InChI is InChI=1S/C18H21N3O6S2/c1-21(8-13-9-25-14-4-2-3-5-15(14)26-13)16(22)10-28-18-20-19-17(27-18)12-6-7-29(23,24)11-12/h2-5,12-13H,6-11H2,1H3. The van der Waals surface area contributed by atoms with Gasteiger partial charge in [-0.05, 0) is 18.6 Å². The Morgan fingerprint density at radius 1 is 1.28 bits per heavy atom. The Morgan fingerprint density at radius 3 is 2.83 bits per heavy atom. The molecule has 1 aromatic carbocycles. The molecule has 0 N–H and O–H groups in total. The summed E-state index contributed by atoms with van der Waals surface area (Å²) in [5, 5.41) is 8.12. The molecule has 4 rings (SSSR count). The Labute approximate surface area is 172 Å². The van der Waals surface area contributed by atoms with E-state index in [0.717, 1.165) is 11.8 Å². The van der Waals surface area contributed by atoms with E-state index in [1.807, 2.05) is 24.3 Å². The van der Waals surface area contributed by atoms with Crippen molar-refractivity contribution in [1.29, 1.82) is 0 Å². The highest BCUT2D eigenvalue weighted by Crippen LogP contribution is 2.31. The zero-order chi connectivity index (χ0) is 20.4. The molecule has 1 aromatic heterocycles. The van der Waals surface area contributed by atoms with Gasteiger partial charge >= 0.3 is 0 Å². The number of carbonyl (C=O) groups is 1. The van der Waals surface area contributed by atoms with E-state index >= 15 is 0 Å². The predicted molar refractivity (Wildman–Crippen MR) is 105 cm³/mol. The van der Waals surface area contributed by atoms with Crippen molar-refractivity contribution in [3.05, 3.63) is 30.2 Å². The summed E-state index contributed by atoms with van der Waals surface area (Å²) in [5.74, 6) is 1.64. The molecule has 2 unspecified atom stereocenters. The molecule has 2 aliphatic heterocycles. The third-order valence-electron chi connectivity index (χ3n) is 4.79. The van der Waals surface area contributed by atoms with Crippen LogP contribution in [0.2, 0.25) is 0 Å². The third kappa shape index (κ3) is 4.84. The van der Waals surface area contributed by atoms with E-state index < -0.39 is 9.84 Å². The van der Waals surface area contributed by atoms with E-state index in [1.54, 1.807) is 11.9 Å². The van der Waals surface area contributed by atoms with Crippen molar-refractivity contribution in [2.75, 3.05) is 37.5 Å². The minimum atomic E-state index is -3.02. The third-order valence-corrected chi connectivity index (χ3v) is 7.36. The highest BCUT2D eigenvalue weighted by atomic mass is 32.2. The summed E-state index contributed by atoms with van der Waals surface area (Å²) in [4.78, 5) is 14.0. The Kier molecular flexibility index (Phi) is 5.68. The Morgan fingerprint density at radius 2 is 2.07 bits per heavy atom. The van der Waals surface area contributed by atoms with Gasteiger partial charge in [0.05, 0.1) is 29.7 Å². The van der Waals surface area contributed by atoms with Crippen LogP contribution in [0.25, 0.3) is 0 Å². The number of para-hydroxylation sites is 2. The molecule has 3 heterocycles. The zero-order valence-electron chi connectivity index (χ0n) is 15.8. The number of hydrogen-bond acceptors (Lipinski definition) is 9. The highest BCUT2D eigenvalue weighted by molar-refractivity contribution is 7.99. The fraction of sp³-hybridized carbons (Fsp3) is 0.500. The molecule has 1 amide bonds. The lowest BCUT2D eigenvalue weighted by Gasteiger charge is -2.29. The molecule has 11 heteroatoms. The van der Waals surface area contributed by atoms with Crippen LogP contribution in [-0.2, 0) is 14.6 Å². The number of amides is 1. The van der Waals surface area contributed by atoms with Crippen LogP contribution in [0, 0.1) is 0 Å². The van der Waals surface area contributed by atoms with Crippen molar-refractivity contribution in [2.45, 2.75) is 23.7 Å². The van der Waals surface area contributed by atoms with E-state index in [-0.39, 0.29) is 40.4 Å². The first kappa shape index (κ1) is 20.0. The highest BCUT2D eigenvalue weighted by Gasteiger charge is 2.33. The molecule has 2 atom stereocenters. The predicted octanol–water partition coefficient (Wildman–Crippen LogP) is 1.36. The molecule has 2 aliphatic rings. The van der Waals surface area contributed by atoms with Crippen LogP contribution in [0.15, 0.2) is 33.9 Å². The summed E-state index contributed by atoms with van der Waals surface area (Å²) in [6, 6.07) is 7.43. The Bertz CT molecular complexity index is 993. The lowest BCUT2D eigenvalue weighted by Crippen LogP contribution is -2.42. The normalized spacial score (nSPS) is 22.4. The lowest BCUT2D eigenvalue weighted by molar-refractivity contribution is -0.128. The number of hydrogen-bond donors (Lipinski definition) is 0. The second-order valence-electron chi connectivity index (χ2n) is 7.07. The summed E-state index contributed by atoms with van der Waals surface area (Å²) >= 11 is 1.13. The van der Waals surface area contributed by atoms with Gasteiger partial charge in [-0.2, -0.15) is 0 Å². The van der Waals surface area contributed by atoms with Crippen molar-refractivity contribution in [3.63, 3.8) is 0 Å². The van der Waals surface area contributed by atoms with Gasteiger partial charge in [0.2, 0.25) is 11.8 Å². The largest absolute Gasteiger partial charge is 0.486 e. The summed E-state index contributed by atoms with van der Waals surface area (Å²) in [5.41, 5.74) is 0. The van der Waals surface area contributed by atoms with Crippen LogP contribution >= 0.6 is 11.8 Å². The summed E-state index contributed by atoms with van der Waals surface area (Å²) in [6.07, 6.45) is 0.242. The first-order valence-corrected chi connectivity index (χ1v) is 12.0. The first-order valence-electron chi connectivity index (χ1n) is 9.19. The molecule has 9 nitrogen and oxygen atoms in total. The minimum Gasteiger partial charge on any atom is -0.486 e. The Balaban J connectivity index is 1.26. The Hall–Kier alpha value is -2.27. The number of thioether (sulfide) groups is 1. The molecule has 0 radical (unpaired) electrons. The molecule has 0 saturated carbocycles. The molecule has 0 aliphatic carbocycles. The van der Waals surface area contributed by atoms with Gasteiger partial charge in [0.15, 0.2) is 27.4 Å². The first-order chi connectivity index (χ1) is 13.9. The van der Waals surface area contributed by atoms with Crippen LogP contribution in [0.3, 0.4) is 0 Å². The van der Waals surface area contributed by atoms with Crippen molar-refractivity contribution >= 4 is 27.5 Å². The maximum atomic E-state index is 12.4. The van der Waals surface area contributed by atoms with Gasteiger partial charge in [0.1, 0.15) is 6.61 Å². The van der Waals surface area contributed by atoms with E-state index in [4.69, 9.17) is 13.9 Å². The van der Waals surface area contributed by atoms with Crippen LogP contribution in [0.4, 0.5) is 0 Å². The van der Waals surface area contributed by atoms with Crippen molar-refractivity contribution in [2.24, 2.45) is 0 Å². The van der Waals surface area contributed by atoms with Crippen LogP contribution in [-0.4, -0.2) is 73.0 Å². The second-order valence-corrected chi connectivity index (χ2v) is 10.2. The molecular formula is C18H21N3O6S2. The SMILES string of the molecule is CN(CC1COc2ccccc2O1)C(=O)CSc1nnc(C2CCS(=O)(=O)C2)o1. The zero-order valence-corrected chi connectivity index (χ0v) is 17.4. The molecule has 29 heavy (non-hydrogen) atoms. The number of fused-ring (bicyclic) bond motifs is 1. The van der Waals surface area contributed by atoms with Gasteiger partial charge < -0.3 is 18.8 Å². The van der Waals surface area contributed by atoms with Gasteiger partial charge in [-0.3, -0.25) is 4.79 Å². The van der Waals surface area contributed by atoms with Gasteiger partial charge in [-0.25, -0.2) is 8.42 Å². The lowest BCUT2D eigenvalue weighted by atomic mass is 10.1. The van der Waals surface area contributed by atoms with Gasteiger partial charge in [0, 0.05) is 7.05 Å². The molecule has 0 bridgehead atoms. The van der Waals surface area contributed by atoms with E-state index in [0.29, 0.717) is 37.0 Å². The van der Waals surface area contributed by atoms with Gasteiger partial charge in [0.25, 0.3) is 5.22 Å². The summed E-state index contributed by atoms with van der Waals surface area (Å²) in [6.45, 7) is 0.766. The second kappa shape index (κ2) is 8.23. The summed E-state index contributed by atoms with van der Waals surface area (Å²) in [7, 11) is -1.32. The molecular weight excluding hydrogens is 418 g/mol. The van der Waals surface area contributed by atoms with E-state index in [9.17, 15) is 13.2 Å². The van der Waals surface area contributed by atoms with Crippen LogP contribution < -0.4 is 9.47 Å². The van der Waals surface area contributed by atoms with Crippen LogP contribution in [0.5, 0.6) is 11.5 Å². The molecule has 1 saturated heterocycles. The number of likely N-dealkylation sites (N-methyl/N-ethyl adjacent to an activating group) is 1. The quantitative estimate of drug-likeness (QED) is 0.616. The van der Waals surface area contributed by atoms with Gasteiger partial charge in [-0.1, -0.05) is 23.9 Å². The number of sulfone groups is 1. The number of ether oxygens (including phenoxy) is 2. The number of aromatic nitrogens is 2. The molecule has 1 fully saturated rings. The average molecular weight is 440 g/mol. The maximum Gasteiger partial charge on any atom is 0.277 e. The van der Waals surface area contributed by atoms with Crippen molar-refractivity contribution in [1.82, 2.24) is 15.1 Å². The maximum absolute atomic E-state index is 12.4. The van der Waals surface area contributed by atoms with Gasteiger partial charge in [-0.15, -0.1) is 10.2 Å². The van der Waals surface area contributed by atoms with Crippen molar-refractivity contribution in [3.8, 4) is 11.5 Å². The fourth-order valence-corrected chi connectivity index (χ4v) is 5.67. The van der Waals surface area contributed by atoms with Crippen molar-refractivity contribution < 1.29 is 27.1 Å². The molecule has 0 spiro atoms. The molecule has 156 valence electrons. The van der Waals surface area contributed by atoms with E-state index in [2.05, 4.69) is 10.2 Å². The minimum absolute atomic E-state index is 0.0353. The molecule has 2 aromatic rings. The number of carbonyl (C=O) groups excluding carboxylic acids is 1. The van der Waals surface area contributed by atoms with E-state index in [1.165, 1.54) is 0 Å². The monoisotopic (exact) mass is 439 g/mol. The number of benzene rings is 1. The smallest absolute Gasteiger partial charge is 0.277 e. The summed E-state index contributed by atoms with van der Waals surface area (Å²) < 4.78 is 40.2. The topological polar surface area (TPSA) is 112 Å². The average Bonchev–Trinajstić information content (AvgIpc) is 3.32. The number of rotatable bonds is 6. The van der Waals surface area contributed by atoms with Crippen LogP contribution in [0.1, 0.15) is 18.2 Å².